The Morgan fingerprint density at radius 2 is 1.93 bits per heavy atom. The minimum atomic E-state index is -0.349. The Labute approximate surface area is 175 Å². The molecule has 4 aromatic rings. The summed E-state index contributed by atoms with van der Waals surface area (Å²) in [6.45, 7) is 4.03. The average Bonchev–Trinajstić information content (AvgIpc) is 3.43. The van der Waals surface area contributed by atoms with E-state index >= 15 is 0 Å². The van der Waals surface area contributed by atoms with Crippen LogP contribution in [0.15, 0.2) is 51.6 Å². The fraction of sp³-hybridized carbons (Fsp3) is 0.190. The second-order valence-electron chi connectivity index (χ2n) is 6.49. The molecular weight excluding hydrogens is 409 g/mol. The van der Waals surface area contributed by atoms with Crippen LogP contribution in [0.4, 0.5) is 10.1 Å². The molecule has 8 heteroatoms. The molecule has 1 aromatic carbocycles. The number of carbonyl (C=O) groups excluding carboxylic acids is 1. The fourth-order valence-electron chi connectivity index (χ4n) is 2.92. The number of thiazole rings is 1. The zero-order valence-corrected chi connectivity index (χ0v) is 17.5. The van der Waals surface area contributed by atoms with E-state index in [-0.39, 0.29) is 18.1 Å². The van der Waals surface area contributed by atoms with Gasteiger partial charge in [0.2, 0.25) is 11.8 Å². The number of hydrogen-bond donors (Lipinski definition) is 0. The Morgan fingerprint density at radius 1 is 1.14 bits per heavy atom. The number of oxazole rings is 1. The van der Waals surface area contributed by atoms with E-state index in [0.29, 0.717) is 29.6 Å². The zero-order chi connectivity index (χ0) is 20.4. The first-order chi connectivity index (χ1) is 14.0. The number of aromatic nitrogens is 2. The molecule has 29 heavy (non-hydrogen) atoms. The maximum atomic E-state index is 13.4. The van der Waals surface area contributed by atoms with E-state index in [0.717, 1.165) is 15.6 Å². The molecular formula is C21H18FN3O2S2. The van der Waals surface area contributed by atoms with Crippen LogP contribution >= 0.6 is 22.7 Å². The van der Waals surface area contributed by atoms with Gasteiger partial charge >= 0.3 is 0 Å². The van der Waals surface area contributed by atoms with Gasteiger partial charge in [-0.2, -0.15) is 0 Å². The third kappa shape index (κ3) is 4.44. The minimum absolute atomic E-state index is 0.0845. The Morgan fingerprint density at radius 3 is 2.59 bits per heavy atom. The highest BCUT2D eigenvalue weighted by Crippen LogP contribution is 2.27. The molecule has 0 atom stereocenters. The Kier molecular flexibility index (Phi) is 5.55. The number of nitrogens with zero attached hydrogens (tertiary/aromatic N) is 3. The Hall–Kier alpha value is -2.84. The van der Waals surface area contributed by atoms with Crippen molar-refractivity contribution in [1.29, 1.82) is 0 Å². The van der Waals surface area contributed by atoms with Gasteiger partial charge in [0, 0.05) is 11.1 Å². The molecule has 4 rings (SSSR count). The van der Waals surface area contributed by atoms with Crippen LogP contribution < -0.4 is 4.90 Å². The van der Waals surface area contributed by atoms with Gasteiger partial charge in [-0.3, -0.25) is 4.79 Å². The van der Waals surface area contributed by atoms with Crippen molar-refractivity contribution in [1.82, 2.24) is 9.97 Å². The highest BCUT2D eigenvalue weighted by atomic mass is 32.1. The summed E-state index contributed by atoms with van der Waals surface area (Å²) in [6.07, 6.45) is 0.0845. The first kappa shape index (κ1) is 19.5. The maximum absolute atomic E-state index is 13.4. The van der Waals surface area contributed by atoms with Crippen molar-refractivity contribution in [2.45, 2.75) is 26.8 Å². The van der Waals surface area contributed by atoms with E-state index in [1.165, 1.54) is 34.8 Å². The molecule has 3 aromatic heterocycles. The number of halogens is 1. The molecule has 0 fully saturated rings. The second kappa shape index (κ2) is 8.26. The van der Waals surface area contributed by atoms with Crippen molar-refractivity contribution < 1.29 is 13.6 Å². The summed E-state index contributed by atoms with van der Waals surface area (Å²) < 4.78 is 19.1. The molecule has 0 N–H and O–H groups in total. The second-order valence-corrected chi connectivity index (χ2v) is 8.50. The van der Waals surface area contributed by atoms with E-state index < -0.39 is 0 Å². The van der Waals surface area contributed by atoms with Crippen molar-refractivity contribution in [3.8, 4) is 10.8 Å². The van der Waals surface area contributed by atoms with E-state index in [4.69, 9.17) is 4.42 Å². The van der Waals surface area contributed by atoms with E-state index in [2.05, 4.69) is 9.97 Å². The van der Waals surface area contributed by atoms with Crippen LogP contribution in [0.2, 0.25) is 0 Å². The van der Waals surface area contributed by atoms with Crippen molar-refractivity contribution in [3.63, 3.8) is 0 Å². The van der Waals surface area contributed by atoms with Crippen LogP contribution in [0, 0.1) is 19.7 Å². The van der Waals surface area contributed by atoms with Crippen LogP contribution in [0.3, 0.4) is 0 Å². The van der Waals surface area contributed by atoms with E-state index in [1.807, 2.05) is 29.8 Å². The molecule has 0 radical (unpaired) electrons. The van der Waals surface area contributed by atoms with Gasteiger partial charge in [-0.05, 0) is 49.6 Å². The number of anilines is 1. The molecule has 0 bridgehead atoms. The van der Waals surface area contributed by atoms with Gasteiger partial charge in [0.1, 0.15) is 11.6 Å². The van der Waals surface area contributed by atoms with Crippen LogP contribution in [-0.2, 0) is 17.8 Å². The summed E-state index contributed by atoms with van der Waals surface area (Å²) in [4.78, 5) is 24.7. The molecule has 1 amide bonds. The Balaban J connectivity index is 1.60. The maximum Gasteiger partial charge on any atom is 0.236 e. The lowest BCUT2D eigenvalue weighted by Gasteiger charge is -2.22. The molecule has 0 aliphatic rings. The normalized spacial score (nSPS) is 11.0. The summed E-state index contributed by atoms with van der Waals surface area (Å²) in [5.41, 5.74) is 2.00. The molecule has 3 heterocycles. The Bertz CT molecular complexity index is 1120. The lowest BCUT2D eigenvalue weighted by Crippen LogP contribution is -2.32. The zero-order valence-electron chi connectivity index (χ0n) is 15.9. The number of benzene rings is 1. The van der Waals surface area contributed by atoms with Crippen molar-refractivity contribution in [2.24, 2.45) is 0 Å². The predicted molar refractivity (Wildman–Crippen MR) is 113 cm³/mol. The molecule has 0 unspecified atom stereocenters. The lowest BCUT2D eigenvalue weighted by molar-refractivity contribution is -0.118. The van der Waals surface area contributed by atoms with Crippen LogP contribution in [0.1, 0.15) is 22.2 Å². The number of thiophene rings is 1. The number of rotatable bonds is 6. The van der Waals surface area contributed by atoms with Gasteiger partial charge in [0.05, 0.1) is 34.2 Å². The summed E-state index contributed by atoms with van der Waals surface area (Å²) >= 11 is 3.06. The number of amides is 1. The smallest absolute Gasteiger partial charge is 0.236 e. The van der Waals surface area contributed by atoms with Gasteiger partial charge in [0.25, 0.3) is 0 Å². The minimum Gasteiger partial charge on any atom is -0.440 e. The molecule has 0 aliphatic heterocycles. The molecule has 0 aliphatic carbocycles. The topological polar surface area (TPSA) is 59.2 Å². The molecule has 5 nitrogen and oxygen atoms in total. The summed E-state index contributed by atoms with van der Waals surface area (Å²) in [7, 11) is 0. The third-order valence-corrected chi connectivity index (χ3v) is 6.05. The first-order valence-electron chi connectivity index (χ1n) is 8.96. The highest BCUT2D eigenvalue weighted by Gasteiger charge is 2.22. The van der Waals surface area contributed by atoms with Crippen LogP contribution in [-0.4, -0.2) is 15.9 Å². The summed E-state index contributed by atoms with van der Waals surface area (Å²) in [5.74, 6) is 0.629. The van der Waals surface area contributed by atoms with Gasteiger partial charge in [-0.1, -0.05) is 6.07 Å². The van der Waals surface area contributed by atoms with Crippen LogP contribution in [0.25, 0.3) is 10.8 Å². The van der Waals surface area contributed by atoms with Gasteiger partial charge < -0.3 is 9.32 Å². The predicted octanol–water partition coefficient (Wildman–Crippen LogP) is 5.39. The largest absolute Gasteiger partial charge is 0.440 e. The molecule has 0 saturated heterocycles. The van der Waals surface area contributed by atoms with Crippen molar-refractivity contribution >= 4 is 34.3 Å². The lowest BCUT2D eigenvalue weighted by atomic mass is 10.2. The summed E-state index contributed by atoms with van der Waals surface area (Å²) in [6, 6.07) is 9.74. The molecule has 148 valence electrons. The SMILES string of the molecule is Cc1nc(CN(C(=O)Cc2nc(-c3cccs3)oc2C)c2ccc(F)cc2)cs1. The third-order valence-electron chi connectivity index (χ3n) is 4.37. The highest BCUT2D eigenvalue weighted by molar-refractivity contribution is 7.13. The van der Waals surface area contributed by atoms with Gasteiger partial charge in [-0.15, -0.1) is 22.7 Å². The fourth-order valence-corrected chi connectivity index (χ4v) is 4.18. The van der Waals surface area contributed by atoms with Crippen molar-refractivity contribution in [2.75, 3.05) is 4.90 Å². The first-order valence-corrected chi connectivity index (χ1v) is 10.7. The monoisotopic (exact) mass is 427 g/mol. The van der Waals surface area contributed by atoms with Gasteiger partial charge in [-0.25, -0.2) is 14.4 Å². The molecule has 0 spiro atoms. The number of carbonyl (C=O) groups is 1. The quantitative estimate of drug-likeness (QED) is 0.414. The molecule has 0 saturated carbocycles. The number of aryl methyl sites for hydroxylation is 2. The standard InChI is InChI=1S/C21H18FN3O2S2/c1-13-18(24-21(27-13)19-4-3-9-28-19)10-20(26)25(11-16-12-29-14(2)23-16)17-7-5-15(22)6-8-17/h3-9,12H,10-11H2,1-2H3. The van der Waals surface area contributed by atoms with Gasteiger partial charge in [0.15, 0.2) is 0 Å². The van der Waals surface area contributed by atoms with Crippen LogP contribution in [0.5, 0.6) is 0 Å². The summed E-state index contributed by atoms with van der Waals surface area (Å²) in [5, 5.41) is 4.81. The van der Waals surface area contributed by atoms with Crippen molar-refractivity contribution in [3.05, 3.63) is 75.1 Å². The number of hydrogen-bond acceptors (Lipinski definition) is 6. The van der Waals surface area contributed by atoms with E-state index in [1.54, 1.807) is 24.0 Å². The van der Waals surface area contributed by atoms with E-state index in [9.17, 15) is 9.18 Å². The average molecular weight is 428 g/mol.